The summed E-state index contributed by atoms with van der Waals surface area (Å²) >= 11 is 2.00. The van der Waals surface area contributed by atoms with Crippen LogP contribution in [0.1, 0.15) is 17.8 Å². The van der Waals surface area contributed by atoms with Crippen molar-refractivity contribution in [2.24, 2.45) is 5.73 Å². The number of imidazole rings is 1. The second-order valence-corrected chi connectivity index (χ2v) is 5.50. The maximum absolute atomic E-state index is 5.78. The molecule has 0 saturated carbocycles. The summed E-state index contributed by atoms with van der Waals surface area (Å²) in [5, 5.41) is 3.69. The molecule has 5 heteroatoms. The van der Waals surface area contributed by atoms with Crippen molar-refractivity contribution in [3.8, 4) is 0 Å². The molecule has 2 aliphatic heterocycles. The highest BCUT2D eigenvalue weighted by molar-refractivity contribution is 7.99. The minimum absolute atomic E-state index is 0.0995. The first-order chi connectivity index (χ1) is 7.34. The van der Waals surface area contributed by atoms with E-state index < -0.39 is 0 Å². The lowest BCUT2D eigenvalue weighted by molar-refractivity contribution is 0.289. The Morgan fingerprint density at radius 2 is 2.60 bits per heavy atom. The molecule has 3 rings (SSSR count). The highest BCUT2D eigenvalue weighted by atomic mass is 32.2. The van der Waals surface area contributed by atoms with Crippen molar-refractivity contribution in [2.75, 3.05) is 18.1 Å². The number of fused-ring (bicyclic) bond motifs is 2. The van der Waals surface area contributed by atoms with Crippen LogP contribution < -0.4 is 11.1 Å². The number of H-pyrrole nitrogens is 1. The molecule has 1 spiro atoms. The van der Waals surface area contributed by atoms with Crippen LogP contribution in [0.5, 0.6) is 0 Å². The molecule has 82 valence electrons. The van der Waals surface area contributed by atoms with E-state index in [9.17, 15) is 0 Å². The van der Waals surface area contributed by atoms with Gasteiger partial charge in [-0.3, -0.25) is 0 Å². The monoisotopic (exact) mass is 224 g/mol. The Hall–Kier alpha value is -0.520. The summed E-state index contributed by atoms with van der Waals surface area (Å²) in [5.41, 5.74) is 8.39. The SMILES string of the molecule is NCC1Cc2[nH]cnc2C2(CCSC2)N1. The molecule has 0 aliphatic carbocycles. The van der Waals surface area contributed by atoms with Gasteiger partial charge in [0.1, 0.15) is 0 Å². The van der Waals surface area contributed by atoms with Gasteiger partial charge >= 0.3 is 0 Å². The van der Waals surface area contributed by atoms with E-state index in [4.69, 9.17) is 5.73 Å². The molecular formula is C10H16N4S. The van der Waals surface area contributed by atoms with Crippen LogP contribution in [0.15, 0.2) is 6.33 Å². The van der Waals surface area contributed by atoms with E-state index in [-0.39, 0.29) is 5.54 Å². The summed E-state index contributed by atoms with van der Waals surface area (Å²) in [6.07, 6.45) is 3.97. The summed E-state index contributed by atoms with van der Waals surface area (Å²) in [6.45, 7) is 0.699. The molecule has 1 fully saturated rings. The van der Waals surface area contributed by atoms with Crippen LogP contribution in [0.25, 0.3) is 0 Å². The van der Waals surface area contributed by atoms with Gasteiger partial charge in [-0.1, -0.05) is 0 Å². The van der Waals surface area contributed by atoms with Crippen LogP contribution in [-0.4, -0.2) is 34.1 Å². The number of nitrogens with zero attached hydrogens (tertiary/aromatic N) is 1. The Morgan fingerprint density at radius 1 is 1.67 bits per heavy atom. The number of nitrogens with one attached hydrogen (secondary N) is 2. The van der Waals surface area contributed by atoms with Crippen molar-refractivity contribution < 1.29 is 0 Å². The van der Waals surface area contributed by atoms with Crippen molar-refractivity contribution >= 4 is 11.8 Å². The molecule has 1 aromatic heterocycles. The van der Waals surface area contributed by atoms with Gasteiger partial charge < -0.3 is 16.0 Å². The third-order valence-corrected chi connectivity index (χ3v) is 4.60. The molecule has 2 aliphatic rings. The highest BCUT2D eigenvalue weighted by Gasteiger charge is 2.43. The first-order valence-electron chi connectivity index (χ1n) is 5.42. The van der Waals surface area contributed by atoms with Gasteiger partial charge in [-0.25, -0.2) is 4.98 Å². The fraction of sp³-hybridized carbons (Fsp3) is 0.700. The predicted octanol–water partition coefficient (Wildman–Crippen LogP) is 0.215. The molecule has 0 aromatic carbocycles. The van der Waals surface area contributed by atoms with Gasteiger partial charge in [0.05, 0.1) is 17.6 Å². The van der Waals surface area contributed by atoms with Crippen LogP contribution in [0.4, 0.5) is 0 Å². The van der Waals surface area contributed by atoms with E-state index in [0.717, 1.165) is 12.2 Å². The van der Waals surface area contributed by atoms with Crippen molar-refractivity contribution in [3.63, 3.8) is 0 Å². The number of thioether (sulfide) groups is 1. The Bertz CT molecular complexity index is 356. The number of nitrogens with two attached hydrogens (primary N) is 1. The number of rotatable bonds is 1. The van der Waals surface area contributed by atoms with E-state index in [0.29, 0.717) is 12.6 Å². The summed E-state index contributed by atoms with van der Waals surface area (Å²) in [7, 11) is 0. The Morgan fingerprint density at radius 3 is 3.33 bits per heavy atom. The van der Waals surface area contributed by atoms with E-state index in [2.05, 4.69) is 15.3 Å². The third kappa shape index (κ3) is 1.41. The predicted molar refractivity (Wildman–Crippen MR) is 61.9 cm³/mol. The van der Waals surface area contributed by atoms with Crippen LogP contribution in [-0.2, 0) is 12.0 Å². The van der Waals surface area contributed by atoms with Crippen LogP contribution in [0.2, 0.25) is 0 Å². The summed E-state index contributed by atoms with van der Waals surface area (Å²) < 4.78 is 0. The first kappa shape index (κ1) is 9.69. The van der Waals surface area contributed by atoms with E-state index in [1.54, 1.807) is 0 Å². The lowest BCUT2D eigenvalue weighted by atomic mass is 9.86. The highest BCUT2D eigenvalue weighted by Crippen LogP contribution is 2.39. The Balaban J connectivity index is 2.01. The Labute approximate surface area is 93.4 Å². The molecular weight excluding hydrogens is 208 g/mol. The summed E-state index contributed by atoms with van der Waals surface area (Å²) in [5.74, 6) is 2.35. The number of hydrogen-bond acceptors (Lipinski definition) is 4. The maximum atomic E-state index is 5.78. The third-order valence-electron chi connectivity index (χ3n) is 3.41. The maximum Gasteiger partial charge on any atom is 0.0926 e. The fourth-order valence-electron chi connectivity index (χ4n) is 2.65. The molecule has 0 amide bonds. The number of hydrogen-bond donors (Lipinski definition) is 3. The topological polar surface area (TPSA) is 66.7 Å². The van der Waals surface area contributed by atoms with E-state index in [1.807, 2.05) is 18.1 Å². The Kier molecular flexibility index (Phi) is 2.26. The molecule has 15 heavy (non-hydrogen) atoms. The second kappa shape index (κ2) is 3.50. The average molecular weight is 224 g/mol. The first-order valence-corrected chi connectivity index (χ1v) is 6.58. The van der Waals surface area contributed by atoms with Gasteiger partial charge in [-0.2, -0.15) is 11.8 Å². The smallest absolute Gasteiger partial charge is 0.0926 e. The summed E-state index contributed by atoms with van der Waals surface area (Å²) in [6, 6.07) is 0.400. The molecule has 3 heterocycles. The van der Waals surface area contributed by atoms with Crippen LogP contribution in [0.3, 0.4) is 0 Å². The number of aromatic nitrogens is 2. The van der Waals surface area contributed by atoms with Gasteiger partial charge in [0.2, 0.25) is 0 Å². The van der Waals surface area contributed by atoms with Crippen LogP contribution >= 0.6 is 11.8 Å². The zero-order chi connectivity index (χ0) is 10.3. The van der Waals surface area contributed by atoms with Gasteiger partial charge in [0, 0.05) is 30.5 Å². The zero-order valence-corrected chi connectivity index (χ0v) is 9.44. The molecule has 0 bridgehead atoms. The lowest BCUT2D eigenvalue weighted by Gasteiger charge is -2.37. The van der Waals surface area contributed by atoms with Gasteiger partial charge in [0.15, 0.2) is 0 Å². The molecule has 1 aromatic rings. The minimum atomic E-state index is 0.0995. The van der Waals surface area contributed by atoms with Crippen molar-refractivity contribution in [1.82, 2.24) is 15.3 Å². The van der Waals surface area contributed by atoms with Gasteiger partial charge in [0.25, 0.3) is 0 Å². The van der Waals surface area contributed by atoms with Crippen LogP contribution in [0, 0.1) is 0 Å². The normalized spacial score (nSPS) is 34.6. The average Bonchev–Trinajstić information content (AvgIpc) is 2.87. The second-order valence-electron chi connectivity index (χ2n) is 4.40. The van der Waals surface area contributed by atoms with Crippen molar-refractivity contribution in [2.45, 2.75) is 24.4 Å². The van der Waals surface area contributed by atoms with Gasteiger partial charge in [-0.05, 0) is 12.2 Å². The fourth-order valence-corrected chi connectivity index (χ4v) is 4.00. The van der Waals surface area contributed by atoms with Crippen molar-refractivity contribution in [3.05, 3.63) is 17.7 Å². The summed E-state index contributed by atoms with van der Waals surface area (Å²) in [4.78, 5) is 7.75. The largest absolute Gasteiger partial charge is 0.348 e. The zero-order valence-electron chi connectivity index (χ0n) is 8.62. The van der Waals surface area contributed by atoms with Crippen molar-refractivity contribution in [1.29, 1.82) is 0 Å². The standard InChI is InChI=1S/C10H16N4S/c11-4-7-3-8-9(13-6-12-8)10(14-7)1-2-15-5-10/h6-7,14H,1-5,11H2,(H,12,13). The lowest BCUT2D eigenvalue weighted by Crippen LogP contribution is -2.55. The molecule has 4 N–H and O–H groups in total. The minimum Gasteiger partial charge on any atom is -0.348 e. The molecule has 1 saturated heterocycles. The molecule has 2 unspecified atom stereocenters. The van der Waals surface area contributed by atoms with E-state index in [1.165, 1.54) is 23.6 Å². The molecule has 2 atom stereocenters. The quantitative estimate of drug-likeness (QED) is 0.638. The van der Waals surface area contributed by atoms with Gasteiger partial charge in [-0.15, -0.1) is 0 Å². The number of aromatic amines is 1. The van der Waals surface area contributed by atoms with E-state index >= 15 is 0 Å². The molecule has 4 nitrogen and oxygen atoms in total. The molecule has 0 radical (unpaired) electrons.